The first-order valence-corrected chi connectivity index (χ1v) is 7.67. The highest BCUT2D eigenvalue weighted by molar-refractivity contribution is 7.10. The molecule has 1 aromatic heterocycles. The second-order valence-corrected chi connectivity index (χ2v) is 6.04. The highest BCUT2D eigenvalue weighted by Gasteiger charge is 2.30. The van der Waals surface area contributed by atoms with Crippen molar-refractivity contribution in [2.24, 2.45) is 5.92 Å². The Morgan fingerprint density at radius 2 is 2.50 bits per heavy atom. The zero-order chi connectivity index (χ0) is 13.0. The third-order valence-electron chi connectivity index (χ3n) is 3.60. The minimum Gasteiger partial charge on any atom is -0.347 e. The molecule has 0 radical (unpaired) electrons. The van der Waals surface area contributed by atoms with Crippen LogP contribution in [0.2, 0.25) is 0 Å². The van der Waals surface area contributed by atoms with Crippen LogP contribution in [0, 0.1) is 5.92 Å². The van der Waals surface area contributed by atoms with Gasteiger partial charge in [0.15, 0.2) is 0 Å². The molecule has 1 amide bonds. The lowest BCUT2D eigenvalue weighted by atomic mass is 10.0. The molecule has 0 aliphatic carbocycles. The van der Waals surface area contributed by atoms with Crippen molar-refractivity contribution >= 4 is 17.2 Å². The first-order valence-electron chi connectivity index (χ1n) is 6.79. The summed E-state index contributed by atoms with van der Waals surface area (Å²) < 4.78 is 0. The van der Waals surface area contributed by atoms with E-state index < -0.39 is 0 Å². The highest BCUT2D eigenvalue weighted by Crippen LogP contribution is 2.24. The molecule has 0 spiro atoms. The number of thiophene rings is 1. The molecule has 1 aromatic rings. The first-order chi connectivity index (χ1) is 8.72. The van der Waals surface area contributed by atoms with E-state index in [1.165, 1.54) is 4.88 Å². The van der Waals surface area contributed by atoms with Gasteiger partial charge in [0.25, 0.3) is 0 Å². The second kappa shape index (κ2) is 6.34. The van der Waals surface area contributed by atoms with E-state index in [0.717, 1.165) is 25.8 Å². The molecule has 4 heteroatoms. The van der Waals surface area contributed by atoms with Gasteiger partial charge in [-0.25, -0.2) is 0 Å². The van der Waals surface area contributed by atoms with Gasteiger partial charge < -0.3 is 10.6 Å². The molecule has 2 N–H and O–H groups in total. The van der Waals surface area contributed by atoms with Crippen molar-refractivity contribution in [3.8, 4) is 0 Å². The van der Waals surface area contributed by atoms with E-state index >= 15 is 0 Å². The Kier molecular flexibility index (Phi) is 4.78. The monoisotopic (exact) mass is 266 g/mol. The number of rotatable bonds is 5. The fraction of sp³-hybridized carbons (Fsp3) is 0.643. The van der Waals surface area contributed by atoms with Gasteiger partial charge in [0, 0.05) is 4.88 Å². The van der Waals surface area contributed by atoms with Gasteiger partial charge in [0.2, 0.25) is 5.91 Å². The second-order valence-electron chi connectivity index (χ2n) is 5.06. The molecule has 3 unspecified atom stereocenters. The van der Waals surface area contributed by atoms with Crippen molar-refractivity contribution in [3.05, 3.63) is 22.4 Å². The summed E-state index contributed by atoms with van der Waals surface area (Å²) in [4.78, 5) is 13.5. The van der Waals surface area contributed by atoms with E-state index in [0.29, 0.717) is 5.92 Å². The van der Waals surface area contributed by atoms with Gasteiger partial charge in [-0.3, -0.25) is 4.79 Å². The van der Waals surface area contributed by atoms with Gasteiger partial charge >= 0.3 is 0 Å². The van der Waals surface area contributed by atoms with Crippen LogP contribution in [0.4, 0.5) is 0 Å². The molecule has 0 saturated carbocycles. The van der Waals surface area contributed by atoms with Crippen molar-refractivity contribution in [2.45, 2.75) is 45.2 Å². The van der Waals surface area contributed by atoms with Crippen molar-refractivity contribution in [1.29, 1.82) is 0 Å². The molecule has 0 aromatic carbocycles. The Hall–Kier alpha value is -0.870. The highest BCUT2D eigenvalue weighted by atomic mass is 32.1. The molecule has 2 heterocycles. The number of hydrogen-bond donors (Lipinski definition) is 2. The number of carbonyl (C=O) groups is 1. The molecule has 3 nitrogen and oxygen atoms in total. The minimum absolute atomic E-state index is 0.00989. The number of nitrogens with one attached hydrogen (secondary N) is 2. The summed E-state index contributed by atoms with van der Waals surface area (Å²) in [5.41, 5.74) is 0. The van der Waals surface area contributed by atoms with Gasteiger partial charge in [-0.2, -0.15) is 0 Å². The Labute approximate surface area is 113 Å². The quantitative estimate of drug-likeness (QED) is 0.860. The fourth-order valence-corrected chi connectivity index (χ4v) is 3.32. The van der Waals surface area contributed by atoms with Crippen molar-refractivity contribution in [3.63, 3.8) is 0 Å². The van der Waals surface area contributed by atoms with Crippen molar-refractivity contribution in [1.82, 2.24) is 10.6 Å². The maximum Gasteiger partial charge on any atom is 0.237 e. The molecule has 2 rings (SSSR count). The zero-order valence-electron chi connectivity index (χ0n) is 11.1. The molecule has 18 heavy (non-hydrogen) atoms. The lowest BCUT2D eigenvalue weighted by Crippen LogP contribution is -2.44. The third-order valence-corrected chi connectivity index (χ3v) is 4.58. The molecule has 100 valence electrons. The Morgan fingerprint density at radius 1 is 1.67 bits per heavy atom. The van der Waals surface area contributed by atoms with Crippen LogP contribution in [0.3, 0.4) is 0 Å². The number of carbonyl (C=O) groups excluding carboxylic acids is 1. The summed E-state index contributed by atoms with van der Waals surface area (Å²) in [5, 5.41) is 8.56. The minimum atomic E-state index is -0.00989. The Bertz CT molecular complexity index is 377. The third kappa shape index (κ3) is 3.12. The van der Waals surface area contributed by atoms with Crippen LogP contribution in [0.15, 0.2) is 17.5 Å². The van der Waals surface area contributed by atoms with E-state index in [1.807, 2.05) is 6.07 Å². The lowest BCUT2D eigenvalue weighted by Gasteiger charge is -2.21. The largest absolute Gasteiger partial charge is 0.347 e. The van der Waals surface area contributed by atoms with E-state index in [4.69, 9.17) is 0 Å². The number of hydrogen-bond acceptors (Lipinski definition) is 3. The molecular weight excluding hydrogens is 244 g/mol. The summed E-state index contributed by atoms with van der Waals surface area (Å²) in [7, 11) is 0. The summed E-state index contributed by atoms with van der Waals surface area (Å²) >= 11 is 1.72. The van der Waals surface area contributed by atoms with Crippen molar-refractivity contribution in [2.75, 3.05) is 6.54 Å². The van der Waals surface area contributed by atoms with Gasteiger partial charge in [-0.15, -0.1) is 11.3 Å². The predicted molar refractivity (Wildman–Crippen MR) is 75.7 cm³/mol. The Balaban J connectivity index is 1.98. The fourth-order valence-electron chi connectivity index (χ4n) is 2.51. The molecular formula is C14H22N2OS. The van der Waals surface area contributed by atoms with Crippen LogP contribution in [0.25, 0.3) is 0 Å². The van der Waals surface area contributed by atoms with Crippen LogP contribution in [-0.4, -0.2) is 18.5 Å². The summed E-state index contributed by atoms with van der Waals surface area (Å²) in [5.74, 6) is 0.600. The van der Waals surface area contributed by atoms with Crippen molar-refractivity contribution < 1.29 is 4.79 Å². The Morgan fingerprint density at radius 3 is 3.06 bits per heavy atom. The summed E-state index contributed by atoms with van der Waals surface area (Å²) in [6.45, 7) is 5.25. The van der Waals surface area contributed by atoms with E-state index in [1.54, 1.807) is 11.3 Å². The SMILES string of the molecule is CCCC(NC(=O)C1NCCC1C)c1cccs1. The summed E-state index contributed by atoms with van der Waals surface area (Å²) in [6.07, 6.45) is 3.18. The average Bonchev–Trinajstić information content (AvgIpc) is 2.98. The standard InChI is InChI=1S/C14H22N2OS/c1-3-5-11(12-6-4-9-18-12)16-14(17)13-10(2)7-8-15-13/h4,6,9-11,13,15H,3,5,7-8H2,1-2H3,(H,16,17). The van der Waals surface area contributed by atoms with Crippen LogP contribution >= 0.6 is 11.3 Å². The molecule has 0 bridgehead atoms. The van der Waals surface area contributed by atoms with E-state index in [9.17, 15) is 4.79 Å². The lowest BCUT2D eigenvalue weighted by molar-refractivity contribution is -0.124. The average molecular weight is 266 g/mol. The van der Waals surface area contributed by atoms with Crippen LogP contribution in [-0.2, 0) is 4.79 Å². The predicted octanol–water partition coefficient (Wildman–Crippen LogP) is 2.70. The molecule has 3 atom stereocenters. The van der Waals surface area contributed by atoms with E-state index in [2.05, 4.69) is 35.9 Å². The van der Waals surface area contributed by atoms with Gasteiger partial charge in [0.05, 0.1) is 12.1 Å². The molecule has 1 saturated heterocycles. The smallest absolute Gasteiger partial charge is 0.237 e. The summed E-state index contributed by atoms with van der Waals surface area (Å²) in [6, 6.07) is 4.32. The van der Waals surface area contributed by atoms with Crippen LogP contribution in [0.5, 0.6) is 0 Å². The number of amides is 1. The van der Waals surface area contributed by atoms with E-state index in [-0.39, 0.29) is 18.0 Å². The van der Waals surface area contributed by atoms with Gasteiger partial charge in [-0.05, 0) is 36.8 Å². The van der Waals surface area contributed by atoms with Crippen LogP contribution in [0.1, 0.15) is 44.0 Å². The maximum absolute atomic E-state index is 12.3. The molecule has 1 fully saturated rings. The molecule has 1 aliphatic heterocycles. The van der Waals surface area contributed by atoms with Gasteiger partial charge in [0.1, 0.15) is 0 Å². The van der Waals surface area contributed by atoms with Crippen LogP contribution < -0.4 is 10.6 Å². The molecule has 1 aliphatic rings. The normalized spacial score (nSPS) is 25.0. The topological polar surface area (TPSA) is 41.1 Å². The van der Waals surface area contributed by atoms with Gasteiger partial charge in [-0.1, -0.05) is 26.3 Å². The zero-order valence-corrected chi connectivity index (χ0v) is 11.9. The first kappa shape index (κ1) is 13.6. The maximum atomic E-state index is 12.3.